The standard InChI is InChI=1S/C16H14ClN5O2S/c1-8-4-10(11-5-9(2)19-7-13(11)17)12(6-18-8)14(23)20-15-21-22-16(24-3)25-15/h4-7H,1-3H3,(H,20,21,23). The van der Waals surface area contributed by atoms with Crippen molar-refractivity contribution in [2.75, 3.05) is 12.4 Å². The van der Waals surface area contributed by atoms with Crippen LogP contribution in [0, 0.1) is 13.8 Å². The molecule has 0 atom stereocenters. The van der Waals surface area contributed by atoms with Crippen LogP contribution in [0.4, 0.5) is 5.13 Å². The maximum atomic E-state index is 12.7. The first-order valence-corrected chi connectivity index (χ1v) is 8.45. The Labute approximate surface area is 153 Å². The van der Waals surface area contributed by atoms with E-state index in [1.807, 2.05) is 26.0 Å². The molecule has 25 heavy (non-hydrogen) atoms. The average molecular weight is 376 g/mol. The molecule has 0 saturated heterocycles. The Bertz CT molecular complexity index is 944. The molecule has 0 fully saturated rings. The topological polar surface area (TPSA) is 89.9 Å². The zero-order chi connectivity index (χ0) is 18.0. The number of carbonyl (C=O) groups excluding carboxylic acids is 1. The van der Waals surface area contributed by atoms with Gasteiger partial charge in [-0.05, 0) is 42.9 Å². The molecule has 0 radical (unpaired) electrons. The molecule has 3 aromatic heterocycles. The molecule has 7 nitrogen and oxygen atoms in total. The highest BCUT2D eigenvalue weighted by Gasteiger charge is 2.18. The molecule has 3 rings (SSSR count). The van der Waals surface area contributed by atoms with Crippen LogP contribution in [0.2, 0.25) is 5.02 Å². The molecule has 0 aromatic carbocycles. The van der Waals surface area contributed by atoms with Crippen LogP contribution >= 0.6 is 22.9 Å². The lowest BCUT2D eigenvalue weighted by Gasteiger charge is -2.11. The monoisotopic (exact) mass is 375 g/mol. The molecule has 0 bridgehead atoms. The Morgan fingerprint density at radius 1 is 1.12 bits per heavy atom. The van der Waals surface area contributed by atoms with Crippen molar-refractivity contribution in [1.82, 2.24) is 20.2 Å². The Morgan fingerprint density at radius 2 is 1.80 bits per heavy atom. The van der Waals surface area contributed by atoms with Crippen LogP contribution in [-0.2, 0) is 0 Å². The smallest absolute Gasteiger partial charge is 0.295 e. The lowest BCUT2D eigenvalue weighted by atomic mass is 10.0. The molecule has 0 saturated carbocycles. The first kappa shape index (κ1) is 17.2. The number of aryl methyl sites for hydroxylation is 2. The van der Waals surface area contributed by atoms with Gasteiger partial charge >= 0.3 is 0 Å². The summed E-state index contributed by atoms with van der Waals surface area (Å²) >= 11 is 7.42. The van der Waals surface area contributed by atoms with Crippen LogP contribution in [0.5, 0.6) is 5.19 Å². The summed E-state index contributed by atoms with van der Waals surface area (Å²) in [5.74, 6) is -0.355. The minimum absolute atomic E-state index is 0.338. The summed E-state index contributed by atoms with van der Waals surface area (Å²) < 4.78 is 4.98. The van der Waals surface area contributed by atoms with Gasteiger partial charge in [-0.2, -0.15) is 0 Å². The number of pyridine rings is 2. The summed E-state index contributed by atoms with van der Waals surface area (Å²) in [6.07, 6.45) is 3.09. The molecule has 128 valence electrons. The van der Waals surface area contributed by atoms with Gasteiger partial charge in [0, 0.05) is 29.3 Å². The van der Waals surface area contributed by atoms with Crippen LogP contribution in [-0.4, -0.2) is 33.2 Å². The maximum absolute atomic E-state index is 12.7. The number of aromatic nitrogens is 4. The van der Waals surface area contributed by atoms with E-state index in [-0.39, 0.29) is 5.91 Å². The van der Waals surface area contributed by atoms with Crippen LogP contribution < -0.4 is 10.1 Å². The van der Waals surface area contributed by atoms with Crippen molar-refractivity contribution in [3.8, 4) is 16.3 Å². The number of methoxy groups -OCH3 is 1. The van der Waals surface area contributed by atoms with Gasteiger partial charge in [0.05, 0.1) is 17.7 Å². The number of nitrogens with zero attached hydrogens (tertiary/aromatic N) is 4. The molecule has 0 aliphatic heterocycles. The molecule has 1 N–H and O–H groups in total. The van der Waals surface area contributed by atoms with E-state index in [1.165, 1.54) is 13.3 Å². The van der Waals surface area contributed by atoms with E-state index in [0.29, 0.717) is 26.5 Å². The predicted molar refractivity (Wildman–Crippen MR) is 96.4 cm³/mol. The summed E-state index contributed by atoms with van der Waals surface area (Å²) in [4.78, 5) is 21.1. The van der Waals surface area contributed by atoms with Gasteiger partial charge in [0.2, 0.25) is 5.13 Å². The van der Waals surface area contributed by atoms with Crippen molar-refractivity contribution >= 4 is 34.0 Å². The Kier molecular flexibility index (Phi) is 4.91. The molecular formula is C16H14ClN5O2S. The van der Waals surface area contributed by atoms with Crippen molar-refractivity contribution in [1.29, 1.82) is 0 Å². The van der Waals surface area contributed by atoms with Crippen molar-refractivity contribution < 1.29 is 9.53 Å². The van der Waals surface area contributed by atoms with Gasteiger partial charge in [-0.1, -0.05) is 16.7 Å². The number of ether oxygens (including phenoxy) is 1. The summed E-state index contributed by atoms with van der Waals surface area (Å²) in [6, 6.07) is 3.65. The Hall–Kier alpha value is -2.58. The normalized spacial score (nSPS) is 10.6. The number of halogens is 1. The van der Waals surface area contributed by atoms with Gasteiger partial charge in [-0.25, -0.2) is 0 Å². The highest BCUT2D eigenvalue weighted by molar-refractivity contribution is 7.17. The van der Waals surface area contributed by atoms with Crippen molar-refractivity contribution in [3.63, 3.8) is 0 Å². The predicted octanol–water partition coefficient (Wildman–Crippen LogP) is 3.53. The molecule has 3 aromatic rings. The lowest BCUT2D eigenvalue weighted by Crippen LogP contribution is -2.14. The number of hydrogen-bond donors (Lipinski definition) is 1. The first-order valence-electron chi connectivity index (χ1n) is 7.26. The number of anilines is 1. The number of amides is 1. The van der Waals surface area contributed by atoms with Gasteiger partial charge in [-0.3, -0.25) is 20.1 Å². The molecule has 9 heteroatoms. The van der Waals surface area contributed by atoms with Gasteiger partial charge in [0.1, 0.15) is 0 Å². The highest BCUT2D eigenvalue weighted by Crippen LogP contribution is 2.31. The lowest BCUT2D eigenvalue weighted by molar-refractivity contribution is 0.102. The van der Waals surface area contributed by atoms with Gasteiger partial charge < -0.3 is 4.74 Å². The molecule has 0 unspecified atom stereocenters. The Balaban J connectivity index is 2.01. The van der Waals surface area contributed by atoms with E-state index in [2.05, 4.69) is 25.5 Å². The summed E-state index contributed by atoms with van der Waals surface area (Å²) in [5, 5.41) is 11.5. The molecule has 1 amide bonds. The molecule has 0 spiro atoms. The third kappa shape index (κ3) is 3.75. The molecular weight excluding hydrogens is 362 g/mol. The van der Waals surface area contributed by atoms with Gasteiger partial charge in [0.25, 0.3) is 11.1 Å². The fourth-order valence-electron chi connectivity index (χ4n) is 2.22. The molecule has 3 heterocycles. The zero-order valence-corrected chi connectivity index (χ0v) is 15.3. The third-order valence-electron chi connectivity index (χ3n) is 3.37. The largest absolute Gasteiger partial charge is 0.472 e. The quantitative estimate of drug-likeness (QED) is 0.750. The highest BCUT2D eigenvalue weighted by atomic mass is 35.5. The van der Waals surface area contributed by atoms with Crippen LogP contribution in [0.3, 0.4) is 0 Å². The van der Waals surface area contributed by atoms with E-state index in [0.717, 1.165) is 28.3 Å². The first-order chi connectivity index (χ1) is 12.0. The summed E-state index contributed by atoms with van der Waals surface area (Å²) in [6.45, 7) is 3.71. The van der Waals surface area contributed by atoms with E-state index >= 15 is 0 Å². The molecule has 0 aliphatic rings. The van der Waals surface area contributed by atoms with Gasteiger partial charge in [0.15, 0.2) is 0 Å². The van der Waals surface area contributed by atoms with E-state index in [9.17, 15) is 4.79 Å². The minimum Gasteiger partial charge on any atom is -0.472 e. The SMILES string of the molecule is COc1nnc(NC(=O)c2cnc(C)cc2-c2cc(C)ncc2Cl)s1. The number of rotatable bonds is 4. The van der Waals surface area contributed by atoms with Crippen LogP contribution in [0.1, 0.15) is 21.7 Å². The average Bonchev–Trinajstić information content (AvgIpc) is 3.04. The maximum Gasteiger partial charge on any atom is 0.295 e. The fraction of sp³-hybridized carbons (Fsp3) is 0.188. The minimum atomic E-state index is -0.355. The number of nitrogens with one attached hydrogen (secondary N) is 1. The van der Waals surface area contributed by atoms with E-state index < -0.39 is 0 Å². The van der Waals surface area contributed by atoms with Crippen molar-refractivity contribution in [2.24, 2.45) is 0 Å². The van der Waals surface area contributed by atoms with Crippen molar-refractivity contribution in [3.05, 3.63) is 46.5 Å². The van der Waals surface area contributed by atoms with Crippen molar-refractivity contribution in [2.45, 2.75) is 13.8 Å². The van der Waals surface area contributed by atoms with Gasteiger partial charge in [-0.15, -0.1) is 5.10 Å². The number of carbonyl (C=O) groups is 1. The second-order valence-corrected chi connectivity index (χ2v) is 6.56. The summed E-state index contributed by atoms with van der Waals surface area (Å²) in [7, 11) is 1.49. The fourth-order valence-corrected chi connectivity index (χ4v) is 2.98. The number of hydrogen-bond acceptors (Lipinski definition) is 7. The van der Waals surface area contributed by atoms with E-state index in [4.69, 9.17) is 16.3 Å². The Morgan fingerprint density at radius 3 is 2.48 bits per heavy atom. The van der Waals surface area contributed by atoms with E-state index in [1.54, 1.807) is 6.20 Å². The zero-order valence-electron chi connectivity index (χ0n) is 13.7. The third-order valence-corrected chi connectivity index (χ3v) is 4.47. The van der Waals surface area contributed by atoms with Crippen LogP contribution in [0.25, 0.3) is 11.1 Å². The second-order valence-electron chi connectivity index (χ2n) is 5.21. The second kappa shape index (κ2) is 7.12. The van der Waals surface area contributed by atoms with Crippen LogP contribution in [0.15, 0.2) is 24.5 Å². The molecule has 0 aliphatic carbocycles. The summed E-state index contributed by atoms with van der Waals surface area (Å²) in [5.41, 5.74) is 3.35.